The van der Waals surface area contributed by atoms with E-state index in [1.54, 1.807) is 24.5 Å². The van der Waals surface area contributed by atoms with Gasteiger partial charge in [-0.25, -0.2) is 4.79 Å². The molecular weight excluding hydrogens is 218 g/mol. The Kier molecular flexibility index (Phi) is 3.57. The van der Waals surface area contributed by atoms with Gasteiger partial charge >= 0.3 is 5.97 Å². The molecule has 1 aromatic carbocycles. The van der Waals surface area contributed by atoms with E-state index >= 15 is 0 Å². The standard InChI is InChI=1S/C13H13NO3/c15-13(16)12-6-2-1-4-10(12)8-14-9-11-5-3-7-17-11/h1-7,14H,8-9H2,(H,15,16). The molecule has 17 heavy (non-hydrogen) atoms. The molecule has 0 aliphatic carbocycles. The van der Waals surface area contributed by atoms with Gasteiger partial charge in [-0.05, 0) is 23.8 Å². The summed E-state index contributed by atoms with van der Waals surface area (Å²) in [7, 11) is 0. The van der Waals surface area contributed by atoms with Gasteiger partial charge in [-0.1, -0.05) is 18.2 Å². The molecule has 4 heteroatoms. The molecule has 2 aromatic rings. The van der Waals surface area contributed by atoms with Crippen LogP contribution in [0.5, 0.6) is 0 Å². The normalized spacial score (nSPS) is 10.4. The van der Waals surface area contributed by atoms with E-state index in [1.807, 2.05) is 18.2 Å². The van der Waals surface area contributed by atoms with E-state index in [-0.39, 0.29) is 0 Å². The molecular formula is C13H13NO3. The minimum Gasteiger partial charge on any atom is -0.478 e. The Hall–Kier alpha value is -2.07. The Morgan fingerprint density at radius 2 is 2.00 bits per heavy atom. The summed E-state index contributed by atoms with van der Waals surface area (Å²) in [6.45, 7) is 1.09. The van der Waals surface area contributed by atoms with E-state index in [0.29, 0.717) is 18.7 Å². The number of carbonyl (C=O) groups is 1. The maximum absolute atomic E-state index is 11.0. The molecule has 0 fully saturated rings. The lowest BCUT2D eigenvalue weighted by Gasteiger charge is -2.06. The largest absolute Gasteiger partial charge is 0.478 e. The number of aromatic carboxylic acids is 1. The summed E-state index contributed by atoms with van der Waals surface area (Å²) in [5, 5.41) is 12.1. The fraction of sp³-hybridized carbons (Fsp3) is 0.154. The minimum atomic E-state index is -0.902. The zero-order chi connectivity index (χ0) is 12.1. The maximum Gasteiger partial charge on any atom is 0.336 e. The number of hydrogen-bond donors (Lipinski definition) is 2. The van der Waals surface area contributed by atoms with Crippen molar-refractivity contribution in [3.05, 3.63) is 59.5 Å². The quantitative estimate of drug-likeness (QED) is 0.828. The lowest BCUT2D eigenvalue weighted by molar-refractivity contribution is 0.0695. The Morgan fingerprint density at radius 1 is 1.18 bits per heavy atom. The van der Waals surface area contributed by atoms with Gasteiger partial charge in [-0.2, -0.15) is 0 Å². The molecule has 1 aromatic heterocycles. The van der Waals surface area contributed by atoms with E-state index in [4.69, 9.17) is 9.52 Å². The molecule has 0 radical (unpaired) electrons. The van der Waals surface area contributed by atoms with Gasteiger partial charge in [0.05, 0.1) is 18.4 Å². The molecule has 0 saturated carbocycles. The molecule has 0 aliphatic heterocycles. The lowest BCUT2D eigenvalue weighted by atomic mass is 10.1. The fourth-order valence-electron chi connectivity index (χ4n) is 1.62. The van der Waals surface area contributed by atoms with Gasteiger partial charge in [0.25, 0.3) is 0 Å². The first-order valence-corrected chi connectivity index (χ1v) is 5.31. The third-order valence-electron chi connectivity index (χ3n) is 2.44. The van der Waals surface area contributed by atoms with Crippen LogP contribution >= 0.6 is 0 Å². The zero-order valence-electron chi connectivity index (χ0n) is 9.22. The van der Waals surface area contributed by atoms with Crippen molar-refractivity contribution in [1.29, 1.82) is 0 Å². The van der Waals surface area contributed by atoms with Crippen molar-refractivity contribution < 1.29 is 14.3 Å². The first-order valence-electron chi connectivity index (χ1n) is 5.31. The van der Waals surface area contributed by atoms with Crippen molar-refractivity contribution in [3.63, 3.8) is 0 Å². The number of nitrogens with one attached hydrogen (secondary N) is 1. The third-order valence-corrected chi connectivity index (χ3v) is 2.44. The van der Waals surface area contributed by atoms with Crippen LogP contribution < -0.4 is 5.32 Å². The van der Waals surface area contributed by atoms with Gasteiger partial charge in [0, 0.05) is 6.54 Å². The summed E-state index contributed by atoms with van der Waals surface area (Å²) in [6.07, 6.45) is 1.61. The van der Waals surface area contributed by atoms with E-state index in [1.165, 1.54) is 0 Å². The number of carboxylic acid groups (broad SMARTS) is 1. The summed E-state index contributed by atoms with van der Waals surface area (Å²) >= 11 is 0. The maximum atomic E-state index is 11.0. The summed E-state index contributed by atoms with van der Waals surface area (Å²) in [5.74, 6) is -0.0711. The molecule has 2 rings (SSSR count). The van der Waals surface area contributed by atoms with Gasteiger partial charge in [-0.15, -0.1) is 0 Å². The SMILES string of the molecule is O=C(O)c1ccccc1CNCc1ccco1. The molecule has 88 valence electrons. The van der Waals surface area contributed by atoms with Gasteiger partial charge in [0.1, 0.15) is 5.76 Å². The Labute approximate surface area is 98.9 Å². The molecule has 1 heterocycles. The molecule has 0 bridgehead atoms. The van der Waals surface area contributed by atoms with Crippen LogP contribution in [0.15, 0.2) is 47.1 Å². The third kappa shape index (κ3) is 2.95. The monoisotopic (exact) mass is 231 g/mol. The van der Waals surface area contributed by atoms with E-state index in [0.717, 1.165) is 11.3 Å². The van der Waals surface area contributed by atoms with Gasteiger partial charge in [-0.3, -0.25) is 0 Å². The summed E-state index contributed by atoms with van der Waals surface area (Å²) in [4.78, 5) is 11.0. The van der Waals surface area contributed by atoms with E-state index < -0.39 is 5.97 Å². The molecule has 0 unspecified atom stereocenters. The summed E-state index contributed by atoms with van der Waals surface area (Å²) < 4.78 is 5.17. The molecule has 2 N–H and O–H groups in total. The molecule has 0 amide bonds. The molecule has 0 saturated heterocycles. The van der Waals surface area contributed by atoms with Crippen molar-refractivity contribution in [2.45, 2.75) is 13.1 Å². The van der Waals surface area contributed by atoms with Crippen LogP contribution in [-0.2, 0) is 13.1 Å². The van der Waals surface area contributed by atoms with Gasteiger partial charge in [0.15, 0.2) is 0 Å². The number of hydrogen-bond acceptors (Lipinski definition) is 3. The number of benzene rings is 1. The highest BCUT2D eigenvalue weighted by molar-refractivity contribution is 5.89. The lowest BCUT2D eigenvalue weighted by Crippen LogP contribution is -2.15. The predicted octanol–water partition coefficient (Wildman–Crippen LogP) is 2.27. The highest BCUT2D eigenvalue weighted by Crippen LogP contribution is 2.09. The summed E-state index contributed by atoms with van der Waals surface area (Å²) in [6, 6.07) is 10.7. The van der Waals surface area contributed by atoms with Crippen LogP contribution in [-0.4, -0.2) is 11.1 Å². The highest BCUT2D eigenvalue weighted by atomic mass is 16.4. The first-order chi connectivity index (χ1) is 8.27. The number of carboxylic acids is 1. The number of rotatable bonds is 5. The van der Waals surface area contributed by atoms with Crippen LogP contribution in [0, 0.1) is 0 Å². The van der Waals surface area contributed by atoms with Crippen molar-refractivity contribution in [1.82, 2.24) is 5.32 Å². The van der Waals surface area contributed by atoms with E-state index in [2.05, 4.69) is 5.32 Å². The van der Waals surface area contributed by atoms with Crippen LogP contribution in [0.1, 0.15) is 21.7 Å². The molecule has 0 spiro atoms. The Morgan fingerprint density at radius 3 is 2.71 bits per heavy atom. The summed E-state index contributed by atoms with van der Waals surface area (Å²) in [5.41, 5.74) is 1.10. The van der Waals surface area contributed by atoms with E-state index in [9.17, 15) is 4.79 Å². The van der Waals surface area contributed by atoms with Crippen LogP contribution in [0.25, 0.3) is 0 Å². The second-order valence-electron chi connectivity index (χ2n) is 3.65. The molecule has 0 atom stereocenters. The predicted molar refractivity (Wildman–Crippen MR) is 62.7 cm³/mol. The van der Waals surface area contributed by atoms with Crippen molar-refractivity contribution in [3.8, 4) is 0 Å². The minimum absolute atomic E-state index is 0.333. The Balaban J connectivity index is 1.97. The van der Waals surface area contributed by atoms with Crippen LogP contribution in [0.2, 0.25) is 0 Å². The first kappa shape index (κ1) is 11.4. The average molecular weight is 231 g/mol. The Bertz CT molecular complexity index is 491. The second-order valence-corrected chi connectivity index (χ2v) is 3.65. The number of furan rings is 1. The smallest absolute Gasteiger partial charge is 0.336 e. The molecule has 0 aliphatic rings. The van der Waals surface area contributed by atoms with Gasteiger partial charge < -0.3 is 14.8 Å². The fourth-order valence-corrected chi connectivity index (χ4v) is 1.62. The van der Waals surface area contributed by atoms with Crippen molar-refractivity contribution in [2.24, 2.45) is 0 Å². The van der Waals surface area contributed by atoms with Crippen molar-refractivity contribution >= 4 is 5.97 Å². The van der Waals surface area contributed by atoms with Crippen LogP contribution in [0.4, 0.5) is 0 Å². The second kappa shape index (κ2) is 5.32. The average Bonchev–Trinajstić information content (AvgIpc) is 2.82. The highest BCUT2D eigenvalue weighted by Gasteiger charge is 2.08. The van der Waals surface area contributed by atoms with Crippen LogP contribution in [0.3, 0.4) is 0 Å². The van der Waals surface area contributed by atoms with Gasteiger partial charge in [0.2, 0.25) is 0 Å². The topological polar surface area (TPSA) is 62.5 Å². The molecule has 4 nitrogen and oxygen atoms in total. The van der Waals surface area contributed by atoms with Crippen molar-refractivity contribution in [2.75, 3.05) is 0 Å². The zero-order valence-corrected chi connectivity index (χ0v) is 9.22.